The van der Waals surface area contributed by atoms with E-state index in [4.69, 9.17) is 17.3 Å². The summed E-state index contributed by atoms with van der Waals surface area (Å²) in [7, 11) is 0. The SMILES string of the molecule is NC(=O)C(c1ccc(C(=O)O)c(Cl)c1)C1CCc2cc(Br)cc3[nH]c(=O)c(=O)n1c23. The highest BCUT2D eigenvalue weighted by Crippen LogP contribution is 2.39. The van der Waals surface area contributed by atoms with Gasteiger partial charge < -0.3 is 15.8 Å². The second-order valence-corrected chi connectivity index (χ2v) is 8.44. The summed E-state index contributed by atoms with van der Waals surface area (Å²) in [6, 6.07) is 6.95. The third-order valence-corrected chi connectivity index (χ3v) is 6.14. The summed E-state index contributed by atoms with van der Waals surface area (Å²) in [5, 5.41) is 9.14. The van der Waals surface area contributed by atoms with Gasteiger partial charge in [0.1, 0.15) is 0 Å². The van der Waals surface area contributed by atoms with Gasteiger partial charge in [-0.25, -0.2) is 4.79 Å². The Hall–Kier alpha value is -2.91. The van der Waals surface area contributed by atoms with Crippen LogP contribution >= 0.6 is 27.5 Å². The number of primary amides is 1. The Morgan fingerprint density at radius 1 is 1.27 bits per heavy atom. The van der Waals surface area contributed by atoms with Gasteiger partial charge in [-0.2, -0.15) is 0 Å². The molecule has 30 heavy (non-hydrogen) atoms. The van der Waals surface area contributed by atoms with Crippen molar-refractivity contribution in [2.75, 3.05) is 0 Å². The zero-order valence-corrected chi connectivity index (χ0v) is 17.7. The van der Waals surface area contributed by atoms with Gasteiger partial charge >= 0.3 is 17.1 Å². The van der Waals surface area contributed by atoms with Crippen molar-refractivity contribution in [3.63, 3.8) is 0 Å². The highest BCUT2D eigenvalue weighted by molar-refractivity contribution is 9.10. The maximum Gasteiger partial charge on any atom is 0.337 e. The molecule has 3 aromatic rings. The number of H-pyrrole nitrogens is 1. The number of rotatable bonds is 4. The van der Waals surface area contributed by atoms with Crippen LogP contribution in [0.1, 0.15) is 39.9 Å². The second-order valence-electron chi connectivity index (χ2n) is 7.12. The predicted molar refractivity (Wildman–Crippen MR) is 114 cm³/mol. The van der Waals surface area contributed by atoms with Crippen molar-refractivity contribution >= 4 is 50.4 Å². The van der Waals surface area contributed by atoms with Crippen molar-refractivity contribution in [2.24, 2.45) is 5.73 Å². The fraction of sp³-hybridized carbons (Fsp3) is 0.200. The van der Waals surface area contributed by atoms with Crippen LogP contribution in [0.25, 0.3) is 11.0 Å². The van der Waals surface area contributed by atoms with Crippen LogP contribution in [0.3, 0.4) is 0 Å². The van der Waals surface area contributed by atoms with Crippen LogP contribution in [0, 0.1) is 0 Å². The summed E-state index contributed by atoms with van der Waals surface area (Å²) >= 11 is 9.49. The number of amides is 1. The summed E-state index contributed by atoms with van der Waals surface area (Å²) in [5.41, 5.74) is 6.24. The van der Waals surface area contributed by atoms with Gasteiger partial charge in [0.15, 0.2) is 0 Å². The Labute approximate surface area is 182 Å². The number of hydrogen-bond acceptors (Lipinski definition) is 4. The smallest absolute Gasteiger partial charge is 0.337 e. The minimum absolute atomic E-state index is 0.0465. The summed E-state index contributed by atoms with van der Waals surface area (Å²) in [6.45, 7) is 0. The molecular formula is C20H15BrClN3O5. The van der Waals surface area contributed by atoms with E-state index in [0.717, 1.165) is 10.0 Å². The van der Waals surface area contributed by atoms with Crippen LogP contribution in [0.4, 0.5) is 0 Å². The van der Waals surface area contributed by atoms with E-state index in [-0.39, 0.29) is 10.6 Å². The molecular weight excluding hydrogens is 478 g/mol. The van der Waals surface area contributed by atoms with Gasteiger partial charge in [0.2, 0.25) is 5.91 Å². The van der Waals surface area contributed by atoms with Gasteiger partial charge in [-0.3, -0.25) is 19.0 Å². The van der Waals surface area contributed by atoms with Crippen LogP contribution in [-0.2, 0) is 11.2 Å². The molecule has 154 valence electrons. The largest absolute Gasteiger partial charge is 0.478 e. The molecule has 0 spiro atoms. The summed E-state index contributed by atoms with van der Waals surface area (Å²) in [5.74, 6) is -2.89. The van der Waals surface area contributed by atoms with Crippen LogP contribution in [-0.4, -0.2) is 26.5 Å². The molecule has 1 aromatic heterocycles. The molecule has 0 fully saturated rings. The van der Waals surface area contributed by atoms with Crippen LogP contribution in [0.5, 0.6) is 0 Å². The zero-order valence-electron chi connectivity index (χ0n) is 15.3. The van der Waals surface area contributed by atoms with Gasteiger partial charge in [0.05, 0.1) is 33.6 Å². The standard InChI is InChI=1S/C20H15BrClN3O5/c21-10-5-9-2-4-14(25-16(9)13(7-10)24-18(27)19(25)28)15(17(23)26)8-1-3-11(20(29)30)12(22)6-8/h1,3,5-7,14-15H,2,4H2,(H2,23,26)(H,24,27)(H,29,30). The van der Waals surface area contributed by atoms with Gasteiger partial charge in [-0.05, 0) is 48.2 Å². The number of nitrogens with two attached hydrogens (primary N) is 1. The number of carbonyl (C=O) groups is 2. The molecule has 2 heterocycles. The number of benzene rings is 2. The number of carbonyl (C=O) groups excluding carboxylic acids is 1. The zero-order chi connectivity index (χ0) is 21.7. The highest BCUT2D eigenvalue weighted by atomic mass is 79.9. The fourth-order valence-electron chi connectivity index (χ4n) is 4.15. The highest BCUT2D eigenvalue weighted by Gasteiger charge is 2.35. The van der Waals surface area contributed by atoms with Gasteiger partial charge in [-0.15, -0.1) is 0 Å². The lowest BCUT2D eigenvalue weighted by molar-refractivity contribution is -0.120. The maximum absolute atomic E-state index is 12.8. The van der Waals surface area contributed by atoms with E-state index in [0.29, 0.717) is 29.4 Å². The summed E-state index contributed by atoms with van der Waals surface area (Å²) in [4.78, 5) is 51.4. The van der Waals surface area contributed by atoms with E-state index in [1.54, 1.807) is 6.07 Å². The van der Waals surface area contributed by atoms with Crippen molar-refractivity contribution in [3.8, 4) is 0 Å². The van der Waals surface area contributed by atoms with Crippen molar-refractivity contribution < 1.29 is 14.7 Å². The van der Waals surface area contributed by atoms with E-state index >= 15 is 0 Å². The first-order chi connectivity index (χ1) is 14.2. The molecule has 0 saturated carbocycles. The molecule has 0 radical (unpaired) electrons. The minimum atomic E-state index is -1.20. The number of carboxylic acids is 1. The number of aromatic nitrogens is 2. The van der Waals surface area contributed by atoms with Crippen LogP contribution in [0.2, 0.25) is 5.02 Å². The number of aromatic carboxylic acids is 1. The molecule has 0 aliphatic carbocycles. The molecule has 0 saturated heterocycles. The van der Waals surface area contributed by atoms with Gasteiger partial charge in [-0.1, -0.05) is 33.6 Å². The fourth-order valence-corrected chi connectivity index (χ4v) is 4.93. The van der Waals surface area contributed by atoms with E-state index in [1.807, 2.05) is 6.07 Å². The Bertz CT molecular complexity index is 1350. The molecule has 8 nitrogen and oxygen atoms in total. The first kappa shape index (κ1) is 20.4. The maximum atomic E-state index is 12.8. The van der Waals surface area contributed by atoms with Gasteiger partial charge in [0, 0.05) is 4.47 Å². The molecule has 1 aliphatic rings. The summed E-state index contributed by atoms with van der Waals surface area (Å²) < 4.78 is 2.08. The molecule has 2 unspecified atom stereocenters. The molecule has 1 aliphatic heterocycles. The number of nitrogens with one attached hydrogen (secondary N) is 1. The topological polar surface area (TPSA) is 135 Å². The molecule has 10 heteroatoms. The molecule has 2 aromatic carbocycles. The normalized spacial score (nSPS) is 16.4. The van der Waals surface area contributed by atoms with Gasteiger partial charge in [0.25, 0.3) is 0 Å². The number of halogens is 2. The number of hydrogen-bond donors (Lipinski definition) is 3. The Morgan fingerprint density at radius 3 is 2.63 bits per heavy atom. The number of carboxylic acid groups (broad SMARTS) is 1. The molecule has 1 amide bonds. The molecule has 4 rings (SSSR count). The van der Waals surface area contributed by atoms with Crippen molar-refractivity contribution in [1.82, 2.24) is 9.55 Å². The van der Waals surface area contributed by atoms with Crippen molar-refractivity contribution in [3.05, 3.63) is 77.2 Å². The quantitative estimate of drug-likeness (QED) is 0.481. The lowest BCUT2D eigenvalue weighted by Gasteiger charge is -2.32. The minimum Gasteiger partial charge on any atom is -0.478 e. The Balaban J connectivity index is 1.96. The van der Waals surface area contributed by atoms with E-state index < -0.39 is 35.0 Å². The number of nitrogens with zero attached hydrogens (tertiary/aromatic N) is 1. The van der Waals surface area contributed by atoms with Crippen LogP contribution < -0.4 is 16.9 Å². The monoisotopic (exact) mass is 491 g/mol. The molecule has 4 N–H and O–H groups in total. The lowest BCUT2D eigenvalue weighted by Crippen LogP contribution is -2.43. The van der Waals surface area contributed by atoms with E-state index in [9.17, 15) is 24.3 Å². The summed E-state index contributed by atoms with van der Waals surface area (Å²) in [6.07, 6.45) is 0.935. The molecule has 2 atom stereocenters. The van der Waals surface area contributed by atoms with Crippen molar-refractivity contribution in [1.29, 1.82) is 0 Å². The third-order valence-electron chi connectivity index (χ3n) is 5.37. The third kappa shape index (κ3) is 3.23. The van der Waals surface area contributed by atoms with E-state index in [2.05, 4.69) is 20.9 Å². The number of aryl methyl sites for hydroxylation is 1. The number of aromatic amines is 1. The predicted octanol–water partition coefficient (Wildman–Crippen LogP) is 2.56. The average Bonchev–Trinajstić information content (AvgIpc) is 2.66. The lowest BCUT2D eigenvalue weighted by atomic mass is 9.84. The van der Waals surface area contributed by atoms with E-state index in [1.165, 1.54) is 22.8 Å². The average molecular weight is 493 g/mol. The Kier molecular flexibility index (Phi) is 5.03. The molecule has 0 bridgehead atoms. The van der Waals surface area contributed by atoms with Crippen LogP contribution in [0.15, 0.2) is 44.4 Å². The first-order valence-electron chi connectivity index (χ1n) is 8.98. The first-order valence-corrected chi connectivity index (χ1v) is 10.1. The second kappa shape index (κ2) is 7.41. The Morgan fingerprint density at radius 2 is 2.00 bits per heavy atom. The van der Waals surface area contributed by atoms with Crippen molar-refractivity contribution in [2.45, 2.75) is 24.8 Å².